The lowest BCUT2D eigenvalue weighted by Crippen LogP contribution is -2.24. The molecule has 1 atom stereocenters. The van der Waals surface area contributed by atoms with Crippen molar-refractivity contribution in [1.29, 1.82) is 0 Å². The zero-order valence-electron chi connectivity index (χ0n) is 11.4. The van der Waals surface area contributed by atoms with Crippen molar-refractivity contribution in [3.8, 4) is 0 Å². The first-order valence-electron chi connectivity index (χ1n) is 7.53. The zero-order valence-corrected chi connectivity index (χ0v) is 11.4. The molecule has 1 fully saturated rings. The average Bonchev–Trinajstić information content (AvgIpc) is 2.33. The molecule has 0 spiro atoms. The Morgan fingerprint density at radius 1 is 1.19 bits per heavy atom. The van der Waals surface area contributed by atoms with Crippen LogP contribution in [0.2, 0.25) is 0 Å². The van der Waals surface area contributed by atoms with Gasteiger partial charge in [-0.25, -0.2) is 0 Å². The molecule has 0 amide bonds. The average molecular weight is 225 g/mol. The van der Waals surface area contributed by atoms with Gasteiger partial charge in [0.25, 0.3) is 0 Å². The van der Waals surface area contributed by atoms with Crippen LogP contribution in [0.1, 0.15) is 71.6 Å². The minimum absolute atomic E-state index is 0.867. The third-order valence-corrected chi connectivity index (χ3v) is 4.00. The number of rotatable bonds is 8. The van der Waals surface area contributed by atoms with Crippen LogP contribution in [0.5, 0.6) is 0 Å². The molecule has 0 radical (unpaired) electrons. The molecule has 1 saturated carbocycles. The number of hydrogen-bond acceptors (Lipinski definition) is 1. The Morgan fingerprint density at radius 3 is 2.62 bits per heavy atom. The highest BCUT2D eigenvalue weighted by Gasteiger charge is 2.12. The van der Waals surface area contributed by atoms with Gasteiger partial charge in [0.05, 0.1) is 0 Å². The molecule has 1 N–H and O–H groups in total. The Kier molecular flexibility index (Phi) is 7.92. The van der Waals surface area contributed by atoms with Crippen molar-refractivity contribution in [1.82, 2.24) is 5.32 Å². The first-order chi connectivity index (χ1) is 7.83. The van der Waals surface area contributed by atoms with E-state index in [2.05, 4.69) is 19.2 Å². The minimum atomic E-state index is 0.867. The van der Waals surface area contributed by atoms with E-state index in [1.54, 1.807) is 0 Å². The maximum atomic E-state index is 3.64. The van der Waals surface area contributed by atoms with E-state index in [1.165, 1.54) is 70.9 Å². The minimum Gasteiger partial charge on any atom is -0.316 e. The van der Waals surface area contributed by atoms with Crippen LogP contribution < -0.4 is 5.32 Å². The molecule has 96 valence electrons. The van der Waals surface area contributed by atoms with Crippen molar-refractivity contribution >= 4 is 0 Å². The van der Waals surface area contributed by atoms with Crippen molar-refractivity contribution < 1.29 is 0 Å². The molecule has 1 aliphatic rings. The number of unbranched alkanes of at least 4 members (excludes halogenated alkanes) is 1. The van der Waals surface area contributed by atoms with E-state index in [1.807, 2.05) is 0 Å². The summed E-state index contributed by atoms with van der Waals surface area (Å²) in [6.45, 7) is 7.14. The molecule has 0 aliphatic heterocycles. The Hall–Kier alpha value is -0.0400. The summed E-state index contributed by atoms with van der Waals surface area (Å²) >= 11 is 0. The lowest BCUT2D eigenvalue weighted by atomic mass is 9.87. The van der Waals surface area contributed by atoms with Crippen molar-refractivity contribution in [2.45, 2.75) is 71.6 Å². The smallest absolute Gasteiger partial charge is 0.00232 e. The molecule has 16 heavy (non-hydrogen) atoms. The largest absolute Gasteiger partial charge is 0.316 e. The van der Waals surface area contributed by atoms with Crippen LogP contribution in [-0.4, -0.2) is 13.1 Å². The van der Waals surface area contributed by atoms with Gasteiger partial charge in [0.2, 0.25) is 0 Å². The van der Waals surface area contributed by atoms with Crippen LogP contribution in [0, 0.1) is 11.8 Å². The number of hydrogen-bond donors (Lipinski definition) is 1. The quantitative estimate of drug-likeness (QED) is 0.605. The van der Waals surface area contributed by atoms with Crippen LogP contribution in [-0.2, 0) is 0 Å². The molecule has 0 bridgehead atoms. The van der Waals surface area contributed by atoms with Crippen LogP contribution in [0.25, 0.3) is 0 Å². The van der Waals surface area contributed by atoms with Crippen molar-refractivity contribution in [2.75, 3.05) is 13.1 Å². The fraction of sp³-hybridized carbons (Fsp3) is 1.00. The van der Waals surface area contributed by atoms with Crippen LogP contribution in [0.3, 0.4) is 0 Å². The molecular weight excluding hydrogens is 194 g/mol. The monoisotopic (exact) mass is 225 g/mol. The van der Waals surface area contributed by atoms with E-state index >= 15 is 0 Å². The fourth-order valence-corrected chi connectivity index (χ4v) is 2.79. The Bertz CT molecular complexity index is 150. The first-order valence-corrected chi connectivity index (χ1v) is 7.53. The summed E-state index contributed by atoms with van der Waals surface area (Å²) < 4.78 is 0. The van der Waals surface area contributed by atoms with Crippen LogP contribution >= 0.6 is 0 Å². The molecule has 1 rings (SSSR count). The molecule has 0 aromatic heterocycles. The van der Waals surface area contributed by atoms with E-state index in [0.717, 1.165) is 11.8 Å². The van der Waals surface area contributed by atoms with Gasteiger partial charge in [-0.1, -0.05) is 58.8 Å². The molecule has 1 heteroatoms. The summed E-state index contributed by atoms with van der Waals surface area (Å²) in [6, 6.07) is 0. The summed E-state index contributed by atoms with van der Waals surface area (Å²) in [6.07, 6.45) is 13.0. The molecule has 1 aliphatic carbocycles. The molecule has 1 unspecified atom stereocenters. The lowest BCUT2D eigenvalue weighted by molar-refractivity contribution is 0.329. The highest BCUT2D eigenvalue weighted by molar-refractivity contribution is 4.67. The standard InChI is InChI=1S/C15H31N/c1-3-4-8-14(2)13-16-12-11-15-9-6-5-7-10-15/h14-16H,3-13H2,1-2H3. The van der Waals surface area contributed by atoms with Gasteiger partial charge in [0.15, 0.2) is 0 Å². The summed E-state index contributed by atoms with van der Waals surface area (Å²) in [5, 5.41) is 3.64. The molecule has 0 heterocycles. The predicted octanol–water partition coefficient (Wildman–Crippen LogP) is 4.37. The topological polar surface area (TPSA) is 12.0 Å². The van der Waals surface area contributed by atoms with Crippen molar-refractivity contribution in [3.63, 3.8) is 0 Å². The fourth-order valence-electron chi connectivity index (χ4n) is 2.79. The third kappa shape index (κ3) is 6.52. The van der Waals surface area contributed by atoms with Crippen LogP contribution in [0.15, 0.2) is 0 Å². The van der Waals surface area contributed by atoms with Gasteiger partial charge in [0, 0.05) is 0 Å². The molecular formula is C15H31N. The van der Waals surface area contributed by atoms with Gasteiger partial charge in [-0.15, -0.1) is 0 Å². The van der Waals surface area contributed by atoms with E-state index in [-0.39, 0.29) is 0 Å². The van der Waals surface area contributed by atoms with E-state index in [9.17, 15) is 0 Å². The Labute approximate surface area is 102 Å². The van der Waals surface area contributed by atoms with Gasteiger partial charge >= 0.3 is 0 Å². The van der Waals surface area contributed by atoms with E-state index < -0.39 is 0 Å². The van der Waals surface area contributed by atoms with E-state index in [4.69, 9.17) is 0 Å². The maximum Gasteiger partial charge on any atom is -0.00232 e. The van der Waals surface area contributed by atoms with Crippen molar-refractivity contribution in [2.24, 2.45) is 11.8 Å². The second-order valence-electron chi connectivity index (χ2n) is 5.74. The summed E-state index contributed by atoms with van der Waals surface area (Å²) in [5.74, 6) is 1.90. The summed E-state index contributed by atoms with van der Waals surface area (Å²) in [4.78, 5) is 0. The maximum absolute atomic E-state index is 3.64. The SMILES string of the molecule is CCCCC(C)CNCCC1CCCCC1. The number of nitrogens with one attached hydrogen (secondary N) is 1. The lowest BCUT2D eigenvalue weighted by Gasteiger charge is -2.22. The Balaban J connectivity index is 1.90. The second kappa shape index (κ2) is 9.04. The van der Waals surface area contributed by atoms with Gasteiger partial charge in [-0.05, 0) is 37.8 Å². The van der Waals surface area contributed by atoms with Crippen LogP contribution in [0.4, 0.5) is 0 Å². The molecule has 0 saturated heterocycles. The molecule has 0 aromatic rings. The van der Waals surface area contributed by atoms with Gasteiger partial charge in [0.1, 0.15) is 0 Å². The van der Waals surface area contributed by atoms with Gasteiger partial charge in [-0.2, -0.15) is 0 Å². The van der Waals surface area contributed by atoms with E-state index in [0.29, 0.717) is 0 Å². The summed E-state index contributed by atoms with van der Waals surface area (Å²) in [5.41, 5.74) is 0. The van der Waals surface area contributed by atoms with Gasteiger partial charge in [-0.3, -0.25) is 0 Å². The molecule has 1 nitrogen and oxygen atoms in total. The predicted molar refractivity (Wildman–Crippen MR) is 72.8 cm³/mol. The van der Waals surface area contributed by atoms with Gasteiger partial charge < -0.3 is 5.32 Å². The second-order valence-corrected chi connectivity index (χ2v) is 5.74. The highest BCUT2D eigenvalue weighted by Crippen LogP contribution is 2.25. The zero-order chi connectivity index (χ0) is 11.6. The Morgan fingerprint density at radius 2 is 1.94 bits per heavy atom. The summed E-state index contributed by atoms with van der Waals surface area (Å²) in [7, 11) is 0. The van der Waals surface area contributed by atoms with Crippen molar-refractivity contribution in [3.05, 3.63) is 0 Å². The normalized spacial score (nSPS) is 19.9. The molecule has 0 aromatic carbocycles. The highest BCUT2D eigenvalue weighted by atomic mass is 14.8. The first kappa shape index (κ1) is 14.0. The third-order valence-electron chi connectivity index (χ3n) is 4.00.